The van der Waals surface area contributed by atoms with Gasteiger partial charge in [0.15, 0.2) is 0 Å². The monoisotopic (exact) mass is 193 g/mol. The molecule has 1 rings (SSSR count). The van der Waals surface area contributed by atoms with Crippen molar-refractivity contribution < 1.29 is 9.90 Å². The molecule has 1 fully saturated rings. The third-order valence-corrected chi connectivity index (χ3v) is 2.53. The zero-order chi connectivity index (χ0) is 8.27. The van der Waals surface area contributed by atoms with Crippen molar-refractivity contribution in [1.82, 2.24) is 0 Å². The minimum absolute atomic E-state index is 0. The number of carbonyl (C=O) groups is 1. The van der Waals surface area contributed by atoms with Crippen molar-refractivity contribution in [2.45, 2.75) is 25.7 Å². The second-order valence-electron chi connectivity index (χ2n) is 3.22. The fourth-order valence-electron chi connectivity index (χ4n) is 1.81. The standard InChI is InChI=1S/C8H15NO2.ClH/c9-5-6-3-1-2-4-7(6)8(10)11;/h6-7H,1-5,9H2,(H,10,11);1H. The molecule has 0 bridgehead atoms. The summed E-state index contributed by atoms with van der Waals surface area (Å²) in [5, 5.41) is 8.78. The highest BCUT2D eigenvalue weighted by molar-refractivity contribution is 5.85. The van der Waals surface area contributed by atoms with E-state index in [9.17, 15) is 4.79 Å². The SMILES string of the molecule is Cl.NCC1CCCCC1C(=O)O. The van der Waals surface area contributed by atoms with Crippen molar-refractivity contribution in [3.8, 4) is 0 Å². The largest absolute Gasteiger partial charge is 0.481 e. The molecule has 1 aliphatic carbocycles. The van der Waals surface area contributed by atoms with E-state index in [1.165, 1.54) is 0 Å². The van der Waals surface area contributed by atoms with E-state index in [-0.39, 0.29) is 24.2 Å². The molecule has 0 amide bonds. The van der Waals surface area contributed by atoms with Crippen LogP contribution >= 0.6 is 12.4 Å². The van der Waals surface area contributed by atoms with E-state index < -0.39 is 5.97 Å². The molecule has 0 radical (unpaired) electrons. The van der Waals surface area contributed by atoms with Gasteiger partial charge >= 0.3 is 5.97 Å². The van der Waals surface area contributed by atoms with Crippen LogP contribution in [0.4, 0.5) is 0 Å². The van der Waals surface area contributed by atoms with Crippen LogP contribution in [0.5, 0.6) is 0 Å². The van der Waals surface area contributed by atoms with Crippen LogP contribution in [0.1, 0.15) is 25.7 Å². The summed E-state index contributed by atoms with van der Waals surface area (Å²) in [5.41, 5.74) is 5.47. The molecule has 0 aromatic rings. The molecule has 1 aliphatic rings. The number of halogens is 1. The highest BCUT2D eigenvalue weighted by atomic mass is 35.5. The highest BCUT2D eigenvalue weighted by Gasteiger charge is 2.29. The van der Waals surface area contributed by atoms with Gasteiger partial charge < -0.3 is 10.8 Å². The maximum Gasteiger partial charge on any atom is 0.306 e. The zero-order valence-electron chi connectivity index (χ0n) is 7.03. The van der Waals surface area contributed by atoms with Crippen LogP contribution in [-0.2, 0) is 4.79 Å². The fraction of sp³-hybridized carbons (Fsp3) is 0.875. The first kappa shape index (κ1) is 11.7. The molecule has 2 unspecified atom stereocenters. The molecule has 72 valence electrons. The molecule has 0 saturated heterocycles. The van der Waals surface area contributed by atoms with Gasteiger partial charge in [-0.05, 0) is 25.3 Å². The molecular weight excluding hydrogens is 178 g/mol. The van der Waals surface area contributed by atoms with E-state index in [1.54, 1.807) is 0 Å². The van der Waals surface area contributed by atoms with Gasteiger partial charge in [-0.1, -0.05) is 12.8 Å². The lowest BCUT2D eigenvalue weighted by atomic mass is 9.79. The van der Waals surface area contributed by atoms with Gasteiger partial charge in [0.1, 0.15) is 0 Å². The maximum absolute atomic E-state index is 10.7. The maximum atomic E-state index is 10.7. The second-order valence-corrected chi connectivity index (χ2v) is 3.22. The Morgan fingerprint density at radius 1 is 1.42 bits per heavy atom. The Bertz CT molecular complexity index is 152. The minimum Gasteiger partial charge on any atom is -0.481 e. The number of aliphatic carboxylic acids is 1. The van der Waals surface area contributed by atoms with E-state index in [0.717, 1.165) is 25.7 Å². The molecule has 12 heavy (non-hydrogen) atoms. The van der Waals surface area contributed by atoms with Crippen molar-refractivity contribution in [2.24, 2.45) is 17.6 Å². The molecule has 2 atom stereocenters. The van der Waals surface area contributed by atoms with Crippen molar-refractivity contribution in [2.75, 3.05) is 6.54 Å². The lowest BCUT2D eigenvalue weighted by Gasteiger charge is -2.26. The Morgan fingerprint density at radius 2 is 2.00 bits per heavy atom. The third-order valence-electron chi connectivity index (χ3n) is 2.53. The van der Waals surface area contributed by atoms with Crippen LogP contribution < -0.4 is 5.73 Å². The Balaban J connectivity index is 0.00000121. The molecule has 0 aromatic heterocycles. The van der Waals surface area contributed by atoms with Crippen LogP contribution in [0.2, 0.25) is 0 Å². The molecule has 0 spiro atoms. The van der Waals surface area contributed by atoms with Gasteiger partial charge in [0.05, 0.1) is 5.92 Å². The topological polar surface area (TPSA) is 63.3 Å². The minimum atomic E-state index is -0.667. The van der Waals surface area contributed by atoms with Gasteiger partial charge in [-0.2, -0.15) is 0 Å². The number of carboxylic acid groups (broad SMARTS) is 1. The Kier molecular flexibility index (Phi) is 5.25. The summed E-state index contributed by atoms with van der Waals surface area (Å²) in [7, 11) is 0. The Hall–Kier alpha value is -0.280. The molecule has 0 aliphatic heterocycles. The molecule has 0 aromatic carbocycles. The number of rotatable bonds is 2. The number of hydrogen-bond donors (Lipinski definition) is 2. The van der Waals surface area contributed by atoms with Gasteiger partial charge in [-0.3, -0.25) is 4.79 Å². The summed E-state index contributed by atoms with van der Waals surface area (Å²) in [4.78, 5) is 10.7. The summed E-state index contributed by atoms with van der Waals surface area (Å²) in [5.74, 6) is -0.616. The van der Waals surface area contributed by atoms with E-state index >= 15 is 0 Å². The van der Waals surface area contributed by atoms with Crippen LogP contribution in [0.25, 0.3) is 0 Å². The third kappa shape index (κ3) is 2.64. The number of nitrogens with two attached hydrogens (primary N) is 1. The molecule has 1 saturated carbocycles. The van der Waals surface area contributed by atoms with Gasteiger partial charge in [0, 0.05) is 0 Å². The average molecular weight is 194 g/mol. The predicted octanol–water partition coefficient (Wildman–Crippen LogP) is 1.26. The van der Waals surface area contributed by atoms with Crippen molar-refractivity contribution in [1.29, 1.82) is 0 Å². The summed E-state index contributed by atoms with van der Waals surface area (Å²) in [6, 6.07) is 0. The number of hydrogen-bond acceptors (Lipinski definition) is 2. The van der Waals surface area contributed by atoms with Crippen LogP contribution in [0.3, 0.4) is 0 Å². The normalized spacial score (nSPS) is 29.1. The van der Waals surface area contributed by atoms with Crippen molar-refractivity contribution in [3.63, 3.8) is 0 Å². The molecule has 0 heterocycles. The summed E-state index contributed by atoms with van der Waals surface area (Å²) in [6.45, 7) is 0.525. The first-order valence-corrected chi connectivity index (χ1v) is 4.18. The Morgan fingerprint density at radius 3 is 2.42 bits per heavy atom. The first-order valence-electron chi connectivity index (χ1n) is 4.18. The van der Waals surface area contributed by atoms with Gasteiger partial charge in [-0.25, -0.2) is 0 Å². The van der Waals surface area contributed by atoms with Crippen molar-refractivity contribution in [3.05, 3.63) is 0 Å². The summed E-state index contributed by atoms with van der Waals surface area (Å²) in [6.07, 6.45) is 4.00. The lowest BCUT2D eigenvalue weighted by molar-refractivity contribution is -0.144. The van der Waals surface area contributed by atoms with Crippen molar-refractivity contribution >= 4 is 18.4 Å². The predicted molar refractivity (Wildman–Crippen MR) is 49.4 cm³/mol. The highest BCUT2D eigenvalue weighted by Crippen LogP contribution is 2.29. The van der Waals surface area contributed by atoms with E-state index in [1.807, 2.05) is 0 Å². The van der Waals surface area contributed by atoms with Crippen LogP contribution in [-0.4, -0.2) is 17.6 Å². The van der Waals surface area contributed by atoms with Crippen LogP contribution in [0.15, 0.2) is 0 Å². The van der Waals surface area contributed by atoms with E-state index in [4.69, 9.17) is 10.8 Å². The van der Waals surface area contributed by atoms with Gasteiger partial charge in [0.25, 0.3) is 0 Å². The molecule has 3 nitrogen and oxygen atoms in total. The molecule has 4 heteroatoms. The molecule has 3 N–H and O–H groups in total. The van der Waals surface area contributed by atoms with E-state index in [2.05, 4.69) is 0 Å². The van der Waals surface area contributed by atoms with Gasteiger partial charge in [0.2, 0.25) is 0 Å². The zero-order valence-corrected chi connectivity index (χ0v) is 7.85. The first-order chi connectivity index (χ1) is 5.25. The quantitative estimate of drug-likeness (QED) is 0.694. The fourth-order valence-corrected chi connectivity index (χ4v) is 1.81. The molecular formula is C8H16ClNO2. The Labute approximate surface area is 78.7 Å². The lowest BCUT2D eigenvalue weighted by Crippen LogP contribution is -2.32. The number of carboxylic acids is 1. The van der Waals surface area contributed by atoms with E-state index in [0.29, 0.717) is 6.54 Å². The van der Waals surface area contributed by atoms with Gasteiger partial charge in [-0.15, -0.1) is 12.4 Å². The van der Waals surface area contributed by atoms with Crippen LogP contribution in [0, 0.1) is 11.8 Å². The average Bonchev–Trinajstić information content (AvgIpc) is 2.04. The summed E-state index contributed by atoms with van der Waals surface area (Å²) >= 11 is 0. The summed E-state index contributed by atoms with van der Waals surface area (Å²) < 4.78 is 0. The second kappa shape index (κ2) is 5.38. The smallest absolute Gasteiger partial charge is 0.306 e.